The van der Waals surface area contributed by atoms with Gasteiger partial charge in [-0.2, -0.15) is 11.8 Å². The number of carbonyl (C=O) groups is 1. The third-order valence-electron chi connectivity index (χ3n) is 3.32. The third kappa shape index (κ3) is 4.87. The summed E-state index contributed by atoms with van der Waals surface area (Å²) < 4.78 is 26.5. The van der Waals surface area contributed by atoms with E-state index in [1.165, 1.54) is 41.7 Å². The lowest BCUT2D eigenvalue weighted by atomic mass is 10.2. The van der Waals surface area contributed by atoms with Gasteiger partial charge in [-0.1, -0.05) is 24.3 Å². The minimum absolute atomic E-state index is 0.00932. The van der Waals surface area contributed by atoms with Crippen LogP contribution in [0.15, 0.2) is 53.9 Å². The highest BCUT2D eigenvalue weighted by molar-refractivity contribution is 7.97. The Hall–Kier alpha value is -2.25. The normalized spacial score (nSPS) is 10.6. The molecule has 3 aromatic rings. The number of thioether (sulfide) groups is 1. The van der Waals surface area contributed by atoms with Gasteiger partial charge in [0.25, 0.3) is 5.91 Å². The topological polar surface area (TPSA) is 42.0 Å². The van der Waals surface area contributed by atoms with Crippen LogP contribution in [0.4, 0.5) is 13.9 Å². The van der Waals surface area contributed by atoms with E-state index in [-0.39, 0.29) is 11.4 Å². The molecule has 0 aliphatic heterocycles. The van der Waals surface area contributed by atoms with Crippen LogP contribution < -0.4 is 5.32 Å². The number of carbonyl (C=O) groups excluding carboxylic acids is 1. The average Bonchev–Trinajstić information content (AvgIpc) is 3.04. The molecule has 0 radical (unpaired) electrons. The standard InChI is InChI=1S/C18H14F2N2OS2/c19-13-7-5-12(6-8-13)9-24-10-14-11-25-18(21-14)22-17(23)15-3-1-2-4-16(15)20/h1-8,11H,9-10H2,(H,21,22,23). The highest BCUT2D eigenvalue weighted by Gasteiger charge is 2.12. The third-order valence-corrected chi connectivity index (χ3v) is 5.17. The van der Waals surface area contributed by atoms with E-state index in [0.29, 0.717) is 10.9 Å². The van der Waals surface area contributed by atoms with Crippen molar-refractivity contribution in [3.05, 3.63) is 82.4 Å². The van der Waals surface area contributed by atoms with Crippen molar-refractivity contribution in [2.75, 3.05) is 5.32 Å². The van der Waals surface area contributed by atoms with E-state index < -0.39 is 11.7 Å². The molecule has 0 unspecified atom stereocenters. The molecule has 2 aromatic carbocycles. The van der Waals surface area contributed by atoms with Gasteiger partial charge in [0.1, 0.15) is 11.6 Å². The SMILES string of the molecule is O=C(Nc1nc(CSCc2ccc(F)cc2)cs1)c1ccccc1F. The maximum absolute atomic E-state index is 13.6. The Kier molecular flexibility index (Phi) is 5.78. The summed E-state index contributed by atoms with van der Waals surface area (Å²) in [4.78, 5) is 16.4. The first-order valence-corrected chi connectivity index (χ1v) is 9.48. The summed E-state index contributed by atoms with van der Waals surface area (Å²) in [5.41, 5.74) is 1.86. The molecule has 0 bridgehead atoms. The number of halogens is 2. The van der Waals surface area contributed by atoms with Crippen molar-refractivity contribution in [2.24, 2.45) is 0 Å². The Morgan fingerprint density at radius 1 is 1.08 bits per heavy atom. The number of benzene rings is 2. The first-order valence-electron chi connectivity index (χ1n) is 7.44. The molecule has 3 nitrogen and oxygen atoms in total. The lowest BCUT2D eigenvalue weighted by Gasteiger charge is -2.02. The molecule has 25 heavy (non-hydrogen) atoms. The second kappa shape index (κ2) is 8.22. The molecule has 0 saturated carbocycles. The summed E-state index contributed by atoms with van der Waals surface area (Å²) in [7, 11) is 0. The van der Waals surface area contributed by atoms with Crippen molar-refractivity contribution < 1.29 is 13.6 Å². The average molecular weight is 376 g/mol. The van der Waals surface area contributed by atoms with Crippen LogP contribution in [-0.4, -0.2) is 10.9 Å². The van der Waals surface area contributed by atoms with Crippen LogP contribution >= 0.6 is 23.1 Å². The molecule has 3 rings (SSSR count). The van der Waals surface area contributed by atoms with Gasteiger partial charge in [0, 0.05) is 16.9 Å². The van der Waals surface area contributed by atoms with Crippen LogP contribution in [-0.2, 0) is 11.5 Å². The van der Waals surface area contributed by atoms with E-state index in [0.717, 1.165) is 17.0 Å². The van der Waals surface area contributed by atoms with Crippen LogP contribution in [0, 0.1) is 11.6 Å². The smallest absolute Gasteiger partial charge is 0.260 e. The van der Waals surface area contributed by atoms with Gasteiger partial charge >= 0.3 is 0 Å². The first kappa shape index (κ1) is 17.6. The molecule has 1 heterocycles. The van der Waals surface area contributed by atoms with E-state index in [4.69, 9.17) is 0 Å². The zero-order valence-electron chi connectivity index (χ0n) is 13.0. The van der Waals surface area contributed by atoms with Crippen LogP contribution in [0.1, 0.15) is 21.6 Å². The number of nitrogens with zero attached hydrogens (tertiary/aromatic N) is 1. The van der Waals surface area contributed by atoms with Gasteiger partial charge < -0.3 is 0 Å². The minimum Gasteiger partial charge on any atom is -0.298 e. The molecule has 128 valence electrons. The van der Waals surface area contributed by atoms with Gasteiger partial charge in [0.15, 0.2) is 5.13 Å². The van der Waals surface area contributed by atoms with E-state index >= 15 is 0 Å². The summed E-state index contributed by atoms with van der Waals surface area (Å²) in [5, 5.41) is 4.90. The highest BCUT2D eigenvalue weighted by atomic mass is 32.2. The summed E-state index contributed by atoms with van der Waals surface area (Å²) >= 11 is 2.94. The van der Waals surface area contributed by atoms with Gasteiger partial charge in [-0.05, 0) is 29.8 Å². The maximum atomic E-state index is 13.6. The van der Waals surface area contributed by atoms with E-state index in [9.17, 15) is 13.6 Å². The Labute approximate surface area is 152 Å². The Balaban J connectivity index is 1.53. The molecule has 1 N–H and O–H groups in total. The number of hydrogen-bond donors (Lipinski definition) is 1. The van der Waals surface area contributed by atoms with Crippen LogP contribution in [0.5, 0.6) is 0 Å². The van der Waals surface area contributed by atoms with E-state index in [1.54, 1.807) is 30.0 Å². The second-order valence-corrected chi connectivity index (χ2v) is 7.04. The quantitative estimate of drug-likeness (QED) is 0.650. The maximum Gasteiger partial charge on any atom is 0.260 e. The predicted octanol–water partition coefficient (Wildman–Crippen LogP) is 5.11. The fraction of sp³-hybridized carbons (Fsp3) is 0.111. The van der Waals surface area contributed by atoms with E-state index in [2.05, 4.69) is 10.3 Å². The number of amides is 1. The Morgan fingerprint density at radius 3 is 2.60 bits per heavy atom. The van der Waals surface area contributed by atoms with Gasteiger partial charge in [-0.3, -0.25) is 10.1 Å². The van der Waals surface area contributed by atoms with Gasteiger partial charge in [0.05, 0.1) is 11.3 Å². The van der Waals surface area contributed by atoms with Gasteiger partial charge in [-0.15, -0.1) is 11.3 Å². The molecule has 0 fully saturated rings. The zero-order valence-corrected chi connectivity index (χ0v) is 14.7. The van der Waals surface area contributed by atoms with Crippen LogP contribution in [0.2, 0.25) is 0 Å². The van der Waals surface area contributed by atoms with Crippen molar-refractivity contribution in [3.63, 3.8) is 0 Å². The van der Waals surface area contributed by atoms with Crippen molar-refractivity contribution in [3.8, 4) is 0 Å². The van der Waals surface area contributed by atoms with Gasteiger partial charge in [-0.25, -0.2) is 13.8 Å². The Morgan fingerprint density at radius 2 is 1.84 bits per heavy atom. The number of anilines is 1. The monoisotopic (exact) mass is 376 g/mol. The zero-order chi connectivity index (χ0) is 17.6. The van der Waals surface area contributed by atoms with Crippen LogP contribution in [0.25, 0.3) is 0 Å². The van der Waals surface area contributed by atoms with Gasteiger partial charge in [0.2, 0.25) is 0 Å². The molecule has 0 saturated heterocycles. The van der Waals surface area contributed by atoms with Crippen molar-refractivity contribution in [1.29, 1.82) is 0 Å². The number of hydrogen-bond acceptors (Lipinski definition) is 4. The van der Waals surface area contributed by atoms with E-state index in [1.807, 2.05) is 5.38 Å². The molecule has 1 aromatic heterocycles. The molecule has 0 atom stereocenters. The number of rotatable bonds is 6. The molecule has 1 amide bonds. The molecule has 0 spiro atoms. The lowest BCUT2D eigenvalue weighted by Crippen LogP contribution is -2.13. The lowest BCUT2D eigenvalue weighted by molar-refractivity contribution is 0.102. The number of thiazole rings is 1. The summed E-state index contributed by atoms with van der Waals surface area (Å²) in [5.74, 6) is 0.0890. The summed E-state index contributed by atoms with van der Waals surface area (Å²) in [6, 6.07) is 12.2. The molecule has 0 aliphatic rings. The molecular formula is C18H14F2N2OS2. The Bertz CT molecular complexity index is 866. The first-order chi connectivity index (χ1) is 12.1. The van der Waals surface area contributed by atoms with Crippen LogP contribution in [0.3, 0.4) is 0 Å². The summed E-state index contributed by atoms with van der Waals surface area (Å²) in [6.45, 7) is 0. The molecule has 0 aliphatic carbocycles. The fourth-order valence-electron chi connectivity index (χ4n) is 2.09. The molecular weight excluding hydrogens is 362 g/mol. The number of nitrogens with one attached hydrogen (secondary N) is 1. The van der Waals surface area contributed by atoms with Crippen molar-refractivity contribution >= 4 is 34.1 Å². The highest BCUT2D eigenvalue weighted by Crippen LogP contribution is 2.22. The largest absolute Gasteiger partial charge is 0.298 e. The fourth-order valence-corrected chi connectivity index (χ4v) is 3.79. The summed E-state index contributed by atoms with van der Waals surface area (Å²) in [6.07, 6.45) is 0. The second-order valence-electron chi connectivity index (χ2n) is 5.20. The predicted molar refractivity (Wildman–Crippen MR) is 97.9 cm³/mol. The van der Waals surface area contributed by atoms with Crippen molar-refractivity contribution in [1.82, 2.24) is 4.98 Å². The molecule has 7 heteroatoms. The number of aromatic nitrogens is 1. The van der Waals surface area contributed by atoms with Crippen molar-refractivity contribution in [2.45, 2.75) is 11.5 Å². The minimum atomic E-state index is -0.563.